The Morgan fingerprint density at radius 1 is 1.19 bits per heavy atom. The number of nitrogens with one attached hydrogen (secondary N) is 1. The second kappa shape index (κ2) is 11.1. The molecule has 0 spiro atoms. The number of hydrogen-bond donors (Lipinski definition) is 1. The van der Waals surface area contributed by atoms with E-state index in [0.717, 1.165) is 32.0 Å². The van der Waals surface area contributed by atoms with Crippen LogP contribution in [0.5, 0.6) is 0 Å². The fourth-order valence-electron chi connectivity index (χ4n) is 2.85. The molecule has 0 unspecified atom stereocenters. The van der Waals surface area contributed by atoms with Crippen LogP contribution in [0.3, 0.4) is 0 Å². The molecule has 1 N–H and O–H groups in total. The van der Waals surface area contributed by atoms with Crippen LogP contribution in [0.15, 0.2) is 65.2 Å². The van der Waals surface area contributed by atoms with Gasteiger partial charge in [-0.2, -0.15) is 5.10 Å². The van der Waals surface area contributed by atoms with Crippen molar-refractivity contribution in [2.75, 3.05) is 20.6 Å². The molecule has 144 valence electrons. The summed E-state index contributed by atoms with van der Waals surface area (Å²) in [6, 6.07) is 14.7. The SMILES string of the molecule is CN=C(NCc1ccccc1Cn1cccn1)N(C)CCc1cccs1.I. The molecule has 3 rings (SSSR count). The number of benzene rings is 1. The minimum absolute atomic E-state index is 0. The topological polar surface area (TPSA) is 45.5 Å². The van der Waals surface area contributed by atoms with Gasteiger partial charge in [-0.1, -0.05) is 30.3 Å². The number of thiophene rings is 1. The van der Waals surface area contributed by atoms with Crippen LogP contribution in [0.1, 0.15) is 16.0 Å². The first-order valence-electron chi connectivity index (χ1n) is 8.74. The van der Waals surface area contributed by atoms with Crippen molar-refractivity contribution in [3.8, 4) is 0 Å². The third-order valence-corrected chi connectivity index (χ3v) is 5.23. The molecule has 1 aromatic carbocycles. The second-order valence-corrected chi connectivity index (χ2v) is 7.16. The van der Waals surface area contributed by atoms with Gasteiger partial charge in [0.05, 0.1) is 6.54 Å². The van der Waals surface area contributed by atoms with Gasteiger partial charge in [0.1, 0.15) is 0 Å². The molecule has 0 amide bonds. The lowest BCUT2D eigenvalue weighted by molar-refractivity contribution is 0.486. The van der Waals surface area contributed by atoms with E-state index in [1.807, 2.05) is 30.2 Å². The standard InChI is InChI=1S/C20H25N5S.HI/c1-21-20(24(2)13-10-19-9-5-14-26-19)22-15-17-7-3-4-8-18(17)16-25-12-6-11-23-25;/h3-9,11-12,14H,10,13,15-16H2,1-2H3,(H,21,22);1H. The van der Waals surface area contributed by atoms with Crippen molar-refractivity contribution < 1.29 is 0 Å². The van der Waals surface area contributed by atoms with E-state index in [1.54, 1.807) is 11.3 Å². The highest BCUT2D eigenvalue weighted by Gasteiger charge is 2.08. The lowest BCUT2D eigenvalue weighted by Crippen LogP contribution is -2.39. The molecule has 7 heteroatoms. The maximum absolute atomic E-state index is 4.43. The van der Waals surface area contributed by atoms with Crippen LogP contribution in [0.25, 0.3) is 0 Å². The average Bonchev–Trinajstić information content (AvgIpc) is 3.35. The summed E-state index contributed by atoms with van der Waals surface area (Å²) in [7, 11) is 3.91. The molecule has 0 radical (unpaired) electrons. The van der Waals surface area contributed by atoms with Crippen molar-refractivity contribution in [1.29, 1.82) is 0 Å². The zero-order chi connectivity index (χ0) is 18.2. The van der Waals surface area contributed by atoms with Crippen molar-refractivity contribution >= 4 is 41.3 Å². The summed E-state index contributed by atoms with van der Waals surface area (Å²) in [6.07, 6.45) is 4.83. The molecule has 0 fully saturated rings. The van der Waals surface area contributed by atoms with E-state index in [2.05, 4.69) is 69.1 Å². The normalized spacial score (nSPS) is 11.1. The summed E-state index contributed by atoms with van der Waals surface area (Å²) in [4.78, 5) is 8.00. The van der Waals surface area contributed by atoms with Gasteiger partial charge in [0.15, 0.2) is 5.96 Å². The molecule has 0 bridgehead atoms. The molecule has 2 heterocycles. The van der Waals surface area contributed by atoms with Gasteiger partial charge in [-0.25, -0.2) is 0 Å². The minimum atomic E-state index is 0. The lowest BCUT2D eigenvalue weighted by atomic mass is 10.1. The molecule has 27 heavy (non-hydrogen) atoms. The lowest BCUT2D eigenvalue weighted by Gasteiger charge is -2.22. The molecule has 0 aliphatic heterocycles. The highest BCUT2D eigenvalue weighted by atomic mass is 127. The van der Waals surface area contributed by atoms with Crippen LogP contribution in [0.4, 0.5) is 0 Å². The first kappa shape index (κ1) is 21.4. The molecular formula is C20H26IN5S. The zero-order valence-corrected chi connectivity index (χ0v) is 18.9. The smallest absolute Gasteiger partial charge is 0.193 e. The monoisotopic (exact) mass is 495 g/mol. The molecule has 0 atom stereocenters. The Morgan fingerprint density at radius 2 is 2.00 bits per heavy atom. The second-order valence-electron chi connectivity index (χ2n) is 6.12. The fraction of sp³-hybridized carbons (Fsp3) is 0.300. The van der Waals surface area contributed by atoms with E-state index in [0.29, 0.717) is 0 Å². The molecule has 3 aromatic rings. The van der Waals surface area contributed by atoms with Crippen molar-refractivity contribution in [2.24, 2.45) is 4.99 Å². The predicted octanol–water partition coefficient (Wildman–Crippen LogP) is 3.86. The molecule has 0 aliphatic rings. The van der Waals surface area contributed by atoms with Gasteiger partial charge >= 0.3 is 0 Å². The molecule has 2 aromatic heterocycles. The van der Waals surface area contributed by atoms with Crippen molar-refractivity contribution in [3.63, 3.8) is 0 Å². The van der Waals surface area contributed by atoms with Crippen molar-refractivity contribution in [1.82, 2.24) is 20.0 Å². The van der Waals surface area contributed by atoms with Crippen LogP contribution in [-0.2, 0) is 19.5 Å². The van der Waals surface area contributed by atoms with Crippen molar-refractivity contribution in [2.45, 2.75) is 19.5 Å². The number of aliphatic imine (C=N–C) groups is 1. The molecule has 5 nitrogen and oxygen atoms in total. The number of likely N-dealkylation sites (N-methyl/N-ethyl adjacent to an activating group) is 1. The van der Waals surface area contributed by atoms with Gasteiger partial charge in [0.2, 0.25) is 0 Å². The Kier molecular flexibility index (Phi) is 8.80. The van der Waals surface area contributed by atoms with E-state index in [-0.39, 0.29) is 24.0 Å². The third-order valence-electron chi connectivity index (χ3n) is 4.29. The number of hydrogen-bond acceptors (Lipinski definition) is 3. The Balaban J connectivity index is 0.00000261. The summed E-state index contributed by atoms with van der Waals surface area (Å²) < 4.78 is 1.95. The maximum Gasteiger partial charge on any atom is 0.193 e. The number of halogens is 1. The van der Waals surface area contributed by atoms with E-state index < -0.39 is 0 Å². The molecule has 0 saturated heterocycles. The van der Waals surface area contributed by atoms with Gasteiger partial charge in [0.25, 0.3) is 0 Å². The van der Waals surface area contributed by atoms with Gasteiger partial charge < -0.3 is 10.2 Å². The van der Waals surface area contributed by atoms with E-state index >= 15 is 0 Å². The quantitative estimate of drug-likeness (QED) is 0.308. The third kappa shape index (κ3) is 6.35. The van der Waals surface area contributed by atoms with Gasteiger partial charge in [-0.15, -0.1) is 35.3 Å². The van der Waals surface area contributed by atoms with Gasteiger partial charge in [-0.05, 0) is 35.1 Å². The number of rotatable bonds is 7. The van der Waals surface area contributed by atoms with Crippen LogP contribution in [0, 0.1) is 0 Å². The summed E-state index contributed by atoms with van der Waals surface area (Å²) in [5.41, 5.74) is 2.52. The highest BCUT2D eigenvalue weighted by molar-refractivity contribution is 14.0. The fourth-order valence-corrected chi connectivity index (χ4v) is 3.55. The molecular weight excluding hydrogens is 469 g/mol. The maximum atomic E-state index is 4.43. The summed E-state index contributed by atoms with van der Waals surface area (Å²) in [6.45, 7) is 2.46. The van der Waals surface area contributed by atoms with Crippen molar-refractivity contribution in [3.05, 3.63) is 76.2 Å². The van der Waals surface area contributed by atoms with Crippen LogP contribution in [0.2, 0.25) is 0 Å². The Hall–Kier alpha value is -1.87. The Bertz CT molecular complexity index is 815. The first-order valence-corrected chi connectivity index (χ1v) is 9.62. The highest BCUT2D eigenvalue weighted by Crippen LogP contribution is 2.11. The minimum Gasteiger partial charge on any atom is -0.352 e. The predicted molar refractivity (Wildman–Crippen MR) is 124 cm³/mol. The summed E-state index contributed by atoms with van der Waals surface area (Å²) in [5.74, 6) is 0.912. The van der Waals surface area contributed by atoms with Crippen LogP contribution in [-0.4, -0.2) is 41.3 Å². The average molecular weight is 495 g/mol. The Morgan fingerprint density at radius 3 is 2.67 bits per heavy atom. The summed E-state index contributed by atoms with van der Waals surface area (Å²) in [5, 5.41) is 9.92. The van der Waals surface area contributed by atoms with E-state index in [4.69, 9.17) is 0 Å². The zero-order valence-electron chi connectivity index (χ0n) is 15.7. The van der Waals surface area contributed by atoms with Crippen LogP contribution >= 0.6 is 35.3 Å². The number of aromatic nitrogens is 2. The number of guanidine groups is 1. The van der Waals surface area contributed by atoms with Gasteiger partial charge in [0, 0.05) is 44.5 Å². The van der Waals surface area contributed by atoms with E-state index in [1.165, 1.54) is 16.0 Å². The van der Waals surface area contributed by atoms with E-state index in [9.17, 15) is 0 Å². The molecule has 0 saturated carbocycles. The van der Waals surface area contributed by atoms with Gasteiger partial charge in [-0.3, -0.25) is 9.67 Å². The van der Waals surface area contributed by atoms with Crippen LogP contribution < -0.4 is 5.32 Å². The summed E-state index contributed by atoms with van der Waals surface area (Å²) >= 11 is 1.80. The first-order chi connectivity index (χ1) is 12.8. The largest absolute Gasteiger partial charge is 0.352 e. The Labute approximate surface area is 182 Å². The molecule has 0 aliphatic carbocycles. The number of nitrogens with zero attached hydrogens (tertiary/aromatic N) is 4.